The number of aromatic nitrogens is 1. The molecule has 4 rings (SSSR count). The highest BCUT2D eigenvalue weighted by molar-refractivity contribution is 5.90. The van der Waals surface area contributed by atoms with Crippen LogP contribution in [-0.2, 0) is 4.79 Å². The third-order valence-corrected chi connectivity index (χ3v) is 6.28. The van der Waals surface area contributed by atoms with Crippen LogP contribution in [-0.4, -0.2) is 29.8 Å². The average molecular weight is 465 g/mol. The SMILES string of the molecule is C1CCC(C2CCCCC2)CC1.N=C=N.O=Cc1ccc(OCC(=O)Nc2ccccn2)cc1. The number of hydrogen-bond acceptors (Lipinski definition) is 6. The zero-order valence-corrected chi connectivity index (χ0v) is 19.8. The summed E-state index contributed by atoms with van der Waals surface area (Å²) in [6.45, 7) is -0.114. The number of ether oxygens (including phenoxy) is 1. The molecule has 0 saturated heterocycles. The van der Waals surface area contributed by atoms with Crippen LogP contribution in [0.15, 0.2) is 48.7 Å². The maximum absolute atomic E-state index is 11.6. The van der Waals surface area contributed by atoms with Gasteiger partial charge in [0.25, 0.3) is 5.91 Å². The normalized spacial score (nSPS) is 15.9. The smallest absolute Gasteiger partial charge is 0.263 e. The lowest BCUT2D eigenvalue weighted by molar-refractivity contribution is -0.118. The number of nitrogens with one attached hydrogen (secondary N) is 3. The van der Waals surface area contributed by atoms with Crippen molar-refractivity contribution in [3.05, 3.63) is 54.2 Å². The highest BCUT2D eigenvalue weighted by Gasteiger charge is 2.24. The third kappa shape index (κ3) is 10.5. The van der Waals surface area contributed by atoms with E-state index in [0.29, 0.717) is 17.1 Å². The van der Waals surface area contributed by atoms with Crippen molar-refractivity contribution in [3.63, 3.8) is 0 Å². The fraction of sp³-hybridized carbons (Fsp3) is 0.481. The van der Waals surface area contributed by atoms with Gasteiger partial charge in [0.15, 0.2) is 6.61 Å². The average Bonchev–Trinajstić information content (AvgIpc) is 2.90. The van der Waals surface area contributed by atoms with E-state index in [-0.39, 0.29) is 12.5 Å². The second kappa shape index (κ2) is 16.3. The van der Waals surface area contributed by atoms with Gasteiger partial charge in [0.2, 0.25) is 0 Å². The van der Waals surface area contributed by atoms with Gasteiger partial charge in [-0.15, -0.1) is 0 Å². The van der Waals surface area contributed by atoms with Crippen LogP contribution < -0.4 is 10.1 Å². The topological polar surface area (TPSA) is 116 Å². The molecule has 1 aromatic heterocycles. The predicted octanol–water partition coefficient (Wildman–Crippen LogP) is 6.38. The van der Waals surface area contributed by atoms with Crippen LogP contribution in [0.2, 0.25) is 0 Å². The van der Waals surface area contributed by atoms with Crippen molar-refractivity contribution in [2.45, 2.75) is 64.2 Å². The molecule has 34 heavy (non-hydrogen) atoms. The minimum absolute atomic E-state index is 0.114. The van der Waals surface area contributed by atoms with Gasteiger partial charge in [0, 0.05) is 11.8 Å². The van der Waals surface area contributed by atoms with Gasteiger partial charge in [-0.05, 0) is 48.2 Å². The fourth-order valence-corrected chi connectivity index (χ4v) is 4.62. The number of carbonyl (C=O) groups excluding carboxylic acids is 2. The standard InChI is InChI=1S/C14H12N2O3.C12H22.CH2N2/c17-9-11-4-6-12(7-5-11)19-10-14(18)16-13-3-1-2-8-15-13;1-3-7-11(8-4-1)12-9-5-2-6-10-12;2-1-3/h1-9H,10H2,(H,15,16,18);11-12H,1-10H2;2-3H. The van der Waals surface area contributed by atoms with Crippen molar-refractivity contribution in [1.82, 2.24) is 4.98 Å². The van der Waals surface area contributed by atoms with E-state index in [1.165, 1.54) is 44.5 Å². The first-order valence-corrected chi connectivity index (χ1v) is 12.1. The summed E-state index contributed by atoms with van der Waals surface area (Å²) in [4.78, 5) is 26.0. The van der Waals surface area contributed by atoms with Crippen LogP contribution in [0, 0.1) is 22.7 Å². The Morgan fingerprint density at radius 3 is 1.97 bits per heavy atom. The van der Waals surface area contributed by atoms with Gasteiger partial charge in [0.05, 0.1) is 6.01 Å². The Hall–Kier alpha value is -3.31. The fourth-order valence-electron chi connectivity index (χ4n) is 4.62. The number of rotatable bonds is 6. The van der Waals surface area contributed by atoms with E-state index in [9.17, 15) is 9.59 Å². The number of aldehydes is 1. The molecule has 2 saturated carbocycles. The molecule has 0 bridgehead atoms. The van der Waals surface area contributed by atoms with E-state index in [1.54, 1.807) is 74.3 Å². The van der Waals surface area contributed by atoms with Gasteiger partial charge in [-0.3, -0.25) is 9.59 Å². The number of anilines is 1. The van der Waals surface area contributed by atoms with Crippen LogP contribution in [0.25, 0.3) is 0 Å². The van der Waals surface area contributed by atoms with E-state index < -0.39 is 0 Å². The number of amides is 1. The van der Waals surface area contributed by atoms with Crippen molar-refractivity contribution in [1.29, 1.82) is 10.8 Å². The summed E-state index contributed by atoms with van der Waals surface area (Å²) < 4.78 is 5.28. The number of nitrogens with zero attached hydrogens (tertiary/aromatic N) is 1. The summed E-state index contributed by atoms with van der Waals surface area (Å²) in [6.07, 6.45) is 17.7. The molecule has 2 aliphatic carbocycles. The van der Waals surface area contributed by atoms with E-state index in [1.807, 2.05) is 0 Å². The van der Waals surface area contributed by atoms with Crippen LogP contribution in [0.3, 0.4) is 0 Å². The van der Waals surface area contributed by atoms with Gasteiger partial charge in [0.1, 0.15) is 17.9 Å². The Morgan fingerprint density at radius 2 is 1.50 bits per heavy atom. The highest BCUT2D eigenvalue weighted by Crippen LogP contribution is 2.37. The molecule has 0 atom stereocenters. The molecule has 0 radical (unpaired) electrons. The summed E-state index contributed by atoms with van der Waals surface area (Å²) in [5.41, 5.74) is 0.560. The Kier molecular flexibility index (Phi) is 12.9. The van der Waals surface area contributed by atoms with Crippen LogP contribution in [0.1, 0.15) is 74.6 Å². The van der Waals surface area contributed by atoms with Crippen LogP contribution in [0.4, 0.5) is 5.82 Å². The number of pyridine rings is 1. The van der Waals surface area contributed by atoms with Gasteiger partial charge in [-0.25, -0.2) is 15.8 Å². The summed E-state index contributed by atoms with van der Waals surface area (Å²) >= 11 is 0. The minimum atomic E-state index is -0.293. The van der Waals surface area contributed by atoms with Gasteiger partial charge < -0.3 is 10.1 Å². The highest BCUT2D eigenvalue weighted by atomic mass is 16.5. The van der Waals surface area contributed by atoms with E-state index in [2.05, 4.69) is 10.3 Å². The van der Waals surface area contributed by atoms with Crippen molar-refractivity contribution in [3.8, 4) is 5.75 Å². The Balaban J connectivity index is 0.000000232. The maximum Gasteiger partial charge on any atom is 0.263 e. The molecule has 1 heterocycles. The molecule has 1 aromatic carbocycles. The second-order valence-electron chi connectivity index (χ2n) is 8.66. The molecule has 1 amide bonds. The molecular weight excluding hydrogens is 428 g/mol. The van der Waals surface area contributed by atoms with Crippen LogP contribution >= 0.6 is 0 Å². The monoisotopic (exact) mass is 464 g/mol. The molecule has 7 nitrogen and oxygen atoms in total. The zero-order chi connectivity index (χ0) is 24.4. The zero-order valence-electron chi connectivity index (χ0n) is 19.8. The largest absolute Gasteiger partial charge is 0.484 e. The maximum atomic E-state index is 11.6. The summed E-state index contributed by atoms with van der Waals surface area (Å²) in [5, 5.41) is 13.9. The molecule has 2 aliphatic rings. The number of carbonyl (C=O) groups is 2. The summed E-state index contributed by atoms with van der Waals surface area (Å²) in [7, 11) is 0. The Morgan fingerprint density at radius 1 is 0.941 bits per heavy atom. The summed E-state index contributed by atoms with van der Waals surface area (Å²) in [5.74, 6) is 2.99. The molecule has 2 fully saturated rings. The summed E-state index contributed by atoms with van der Waals surface area (Å²) in [6, 6.07) is 13.0. The third-order valence-electron chi connectivity index (χ3n) is 6.28. The Bertz CT molecular complexity index is 853. The molecule has 2 aromatic rings. The van der Waals surface area contributed by atoms with Crippen molar-refractivity contribution >= 4 is 24.0 Å². The van der Waals surface area contributed by atoms with E-state index in [4.69, 9.17) is 15.6 Å². The number of benzene rings is 1. The molecule has 0 spiro atoms. The first-order chi connectivity index (χ1) is 16.7. The lowest BCUT2D eigenvalue weighted by Crippen LogP contribution is -2.20. The number of hydrogen-bond donors (Lipinski definition) is 3. The molecule has 3 N–H and O–H groups in total. The van der Waals surface area contributed by atoms with Crippen LogP contribution in [0.5, 0.6) is 5.75 Å². The van der Waals surface area contributed by atoms with Gasteiger partial charge in [-0.1, -0.05) is 70.3 Å². The van der Waals surface area contributed by atoms with Gasteiger partial charge in [-0.2, -0.15) is 0 Å². The second-order valence-corrected chi connectivity index (χ2v) is 8.66. The van der Waals surface area contributed by atoms with Gasteiger partial charge >= 0.3 is 0 Å². The molecule has 7 heteroatoms. The first-order valence-electron chi connectivity index (χ1n) is 12.1. The minimum Gasteiger partial charge on any atom is -0.484 e. The quantitative estimate of drug-likeness (QED) is 0.340. The van der Waals surface area contributed by atoms with Crippen molar-refractivity contribution in [2.24, 2.45) is 11.8 Å². The molecule has 0 unspecified atom stereocenters. The van der Waals surface area contributed by atoms with Crippen molar-refractivity contribution < 1.29 is 14.3 Å². The lowest BCUT2D eigenvalue weighted by atomic mass is 9.73. The first kappa shape index (κ1) is 26.9. The predicted molar refractivity (Wildman–Crippen MR) is 134 cm³/mol. The van der Waals surface area contributed by atoms with E-state index >= 15 is 0 Å². The molecule has 0 aliphatic heterocycles. The Labute approximate surface area is 202 Å². The van der Waals surface area contributed by atoms with E-state index in [0.717, 1.165) is 18.1 Å². The van der Waals surface area contributed by atoms with Crippen molar-refractivity contribution in [2.75, 3.05) is 11.9 Å². The lowest BCUT2D eigenvalue weighted by Gasteiger charge is -2.32. The molecular formula is C27H36N4O3. The molecule has 182 valence electrons.